The van der Waals surface area contributed by atoms with Gasteiger partial charge in [-0.15, -0.1) is 0 Å². The van der Waals surface area contributed by atoms with E-state index in [-0.39, 0.29) is 19.5 Å². The first-order valence-corrected chi connectivity index (χ1v) is 7.74. The molecular weight excluding hydrogens is 274 g/mol. The van der Waals surface area contributed by atoms with Crippen molar-refractivity contribution in [2.24, 2.45) is 5.73 Å². The first kappa shape index (κ1) is 16.2. The van der Waals surface area contributed by atoms with E-state index in [1.54, 1.807) is 31.2 Å². The summed E-state index contributed by atoms with van der Waals surface area (Å²) in [4.78, 5) is 0. The number of nitrogens with zero attached hydrogens (tertiary/aromatic N) is 1. The van der Waals surface area contributed by atoms with Crippen molar-refractivity contribution in [1.82, 2.24) is 4.72 Å². The van der Waals surface area contributed by atoms with Crippen LogP contribution in [0.3, 0.4) is 0 Å². The molecule has 0 heterocycles. The molecule has 0 amide bonds. The van der Waals surface area contributed by atoms with Gasteiger partial charge in [0.1, 0.15) is 0 Å². The maximum Gasteiger partial charge on any atom is 0.228 e. The largest absolute Gasteiger partial charge is 0.320 e. The fourth-order valence-electron chi connectivity index (χ4n) is 1.60. The molecule has 6 heteroatoms. The Morgan fingerprint density at radius 2 is 2.10 bits per heavy atom. The van der Waals surface area contributed by atoms with Crippen molar-refractivity contribution in [3.63, 3.8) is 0 Å². The lowest BCUT2D eigenvalue weighted by Crippen LogP contribution is -2.32. The number of rotatable bonds is 5. The summed E-state index contributed by atoms with van der Waals surface area (Å²) in [6, 6.07) is 9.00. The molecule has 0 saturated heterocycles. The van der Waals surface area contributed by atoms with Crippen LogP contribution in [0.4, 0.5) is 0 Å². The van der Waals surface area contributed by atoms with Crippen LogP contribution >= 0.6 is 0 Å². The van der Waals surface area contributed by atoms with E-state index < -0.39 is 15.3 Å². The van der Waals surface area contributed by atoms with Crippen molar-refractivity contribution in [2.75, 3.05) is 6.54 Å². The van der Waals surface area contributed by atoms with Gasteiger partial charge in [-0.25, -0.2) is 13.1 Å². The van der Waals surface area contributed by atoms with E-state index in [0.717, 1.165) is 11.1 Å². The standard InChI is InChI=1S/C14H17N3O2S/c1-2-14(10-16)20(18,19)17-11-13-7-4-3-6-12(13)8-5-9-15/h3-4,6-7,14,17H,2,9,11,15H2,1H3. The van der Waals surface area contributed by atoms with E-state index in [2.05, 4.69) is 16.6 Å². The minimum atomic E-state index is -3.64. The SMILES string of the molecule is CCC(C#N)S(=O)(=O)NCc1ccccc1C#CCN. The molecule has 0 fully saturated rings. The second-order valence-corrected chi connectivity index (χ2v) is 6.00. The molecule has 0 aliphatic heterocycles. The number of sulfonamides is 1. The molecule has 0 aliphatic rings. The Bertz CT molecular complexity index is 651. The van der Waals surface area contributed by atoms with Gasteiger partial charge >= 0.3 is 0 Å². The number of nitrogens with two attached hydrogens (primary N) is 1. The van der Waals surface area contributed by atoms with Gasteiger partial charge in [-0.1, -0.05) is 37.0 Å². The molecular formula is C14H17N3O2S. The van der Waals surface area contributed by atoms with Crippen LogP contribution in [0.25, 0.3) is 0 Å². The summed E-state index contributed by atoms with van der Waals surface area (Å²) in [5, 5.41) is 7.79. The Balaban J connectivity index is 2.88. The molecule has 0 saturated carbocycles. The van der Waals surface area contributed by atoms with Crippen molar-refractivity contribution in [3.8, 4) is 17.9 Å². The van der Waals surface area contributed by atoms with Crippen LogP contribution in [-0.2, 0) is 16.6 Å². The van der Waals surface area contributed by atoms with Gasteiger partial charge in [0.25, 0.3) is 0 Å². The average molecular weight is 291 g/mol. The normalized spacial score (nSPS) is 12.1. The third-order valence-corrected chi connectivity index (χ3v) is 4.43. The third kappa shape index (κ3) is 4.36. The highest BCUT2D eigenvalue weighted by Crippen LogP contribution is 2.09. The van der Waals surface area contributed by atoms with E-state index in [0.29, 0.717) is 0 Å². The van der Waals surface area contributed by atoms with Crippen LogP contribution < -0.4 is 10.5 Å². The van der Waals surface area contributed by atoms with E-state index in [1.165, 1.54) is 0 Å². The highest BCUT2D eigenvalue weighted by Gasteiger charge is 2.22. The molecule has 3 N–H and O–H groups in total. The molecule has 1 aromatic rings. The van der Waals surface area contributed by atoms with Crippen LogP contribution in [0, 0.1) is 23.2 Å². The summed E-state index contributed by atoms with van der Waals surface area (Å²) in [7, 11) is -3.64. The highest BCUT2D eigenvalue weighted by atomic mass is 32.2. The fourth-order valence-corrected chi connectivity index (χ4v) is 2.74. The lowest BCUT2D eigenvalue weighted by molar-refractivity contribution is 0.572. The average Bonchev–Trinajstić information content (AvgIpc) is 2.45. The predicted molar refractivity (Wildman–Crippen MR) is 77.8 cm³/mol. The van der Waals surface area contributed by atoms with Gasteiger partial charge in [0.05, 0.1) is 12.6 Å². The van der Waals surface area contributed by atoms with Gasteiger partial charge in [-0.2, -0.15) is 5.26 Å². The van der Waals surface area contributed by atoms with Gasteiger partial charge in [0, 0.05) is 12.1 Å². The molecule has 0 radical (unpaired) electrons. The molecule has 1 atom stereocenters. The summed E-state index contributed by atoms with van der Waals surface area (Å²) < 4.78 is 26.2. The minimum absolute atomic E-state index is 0.107. The molecule has 106 valence electrons. The zero-order valence-electron chi connectivity index (χ0n) is 11.3. The second-order valence-electron chi connectivity index (χ2n) is 4.06. The Labute approximate surface area is 119 Å². The summed E-state index contributed by atoms with van der Waals surface area (Å²) in [6.45, 7) is 2.01. The van der Waals surface area contributed by atoms with Gasteiger partial charge in [-0.3, -0.25) is 0 Å². The molecule has 1 aromatic carbocycles. The molecule has 0 aromatic heterocycles. The number of benzene rings is 1. The van der Waals surface area contributed by atoms with Crippen LogP contribution in [-0.4, -0.2) is 20.2 Å². The topological polar surface area (TPSA) is 96.0 Å². The van der Waals surface area contributed by atoms with E-state index in [1.807, 2.05) is 6.07 Å². The fraction of sp³-hybridized carbons (Fsp3) is 0.357. The first-order chi connectivity index (χ1) is 9.55. The molecule has 1 rings (SSSR count). The van der Waals surface area contributed by atoms with Gasteiger partial charge in [0.2, 0.25) is 10.0 Å². The summed E-state index contributed by atoms with van der Waals surface area (Å²) in [6.07, 6.45) is 0.250. The summed E-state index contributed by atoms with van der Waals surface area (Å²) in [5.74, 6) is 5.63. The van der Waals surface area contributed by atoms with Crippen molar-refractivity contribution < 1.29 is 8.42 Å². The van der Waals surface area contributed by atoms with Crippen molar-refractivity contribution in [2.45, 2.75) is 25.1 Å². The lowest BCUT2D eigenvalue weighted by atomic mass is 10.1. The predicted octanol–water partition coefficient (Wildman–Crippen LogP) is 0.718. The zero-order chi connectivity index (χ0) is 15.0. The summed E-state index contributed by atoms with van der Waals surface area (Å²) in [5.41, 5.74) is 6.81. The number of nitrogens with one attached hydrogen (secondary N) is 1. The maximum absolute atomic E-state index is 11.9. The van der Waals surface area contributed by atoms with Crippen molar-refractivity contribution in [1.29, 1.82) is 5.26 Å². The van der Waals surface area contributed by atoms with Crippen molar-refractivity contribution in [3.05, 3.63) is 35.4 Å². The van der Waals surface area contributed by atoms with Crippen LogP contribution in [0.2, 0.25) is 0 Å². The first-order valence-electron chi connectivity index (χ1n) is 6.20. The van der Waals surface area contributed by atoms with Gasteiger partial charge < -0.3 is 5.73 Å². The van der Waals surface area contributed by atoms with E-state index in [9.17, 15) is 8.42 Å². The van der Waals surface area contributed by atoms with Crippen LogP contribution in [0.5, 0.6) is 0 Å². The van der Waals surface area contributed by atoms with Crippen LogP contribution in [0.1, 0.15) is 24.5 Å². The van der Waals surface area contributed by atoms with E-state index >= 15 is 0 Å². The Morgan fingerprint density at radius 1 is 1.40 bits per heavy atom. The van der Waals surface area contributed by atoms with Gasteiger partial charge in [-0.05, 0) is 18.1 Å². The zero-order valence-corrected chi connectivity index (χ0v) is 12.1. The molecule has 20 heavy (non-hydrogen) atoms. The second kappa shape index (κ2) is 7.66. The van der Waals surface area contributed by atoms with Gasteiger partial charge in [0.15, 0.2) is 5.25 Å². The molecule has 0 bridgehead atoms. The molecule has 0 aliphatic carbocycles. The summed E-state index contributed by atoms with van der Waals surface area (Å²) >= 11 is 0. The Morgan fingerprint density at radius 3 is 2.70 bits per heavy atom. The number of hydrogen-bond donors (Lipinski definition) is 2. The monoisotopic (exact) mass is 291 g/mol. The van der Waals surface area contributed by atoms with Crippen LogP contribution in [0.15, 0.2) is 24.3 Å². The molecule has 5 nitrogen and oxygen atoms in total. The minimum Gasteiger partial charge on any atom is -0.320 e. The highest BCUT2D eigenvalue weighted by molar-refractivity contribution is 7.90. The maximum atomic E-state index is 11.9. The molecule has 1 unspecified atom stereocenters. The van der Waals surface area contributed by atoms with E-state index in [4.69, 9.17) is 11.0 Å². The number of nitriles is 1. The number of hydrogen-bond acceptors (Lipinski definition) is 4. The quantitative estimate of drug-likeness (QED) is 0.781. The smallest absolute Gasteiger partial charge is 0.228 e. The molecule has 0 spiro atoms. The Kier molecular flexibility index (Phi) is 6.20. The lowest BCUT2D eigenvalue weighted by Gasteiger charge is -2.11. The Hall–Kier alpha value is -1.86. The van der Waals surface area contributed by atoms with Crippen molar-refractivity contribution >= 4 is 10.0 Å². The third-order valence-electron chi connectivity index (χ3n) is 2.70.